The summed E-state index contributed by atoms with van der Waals surface area (Å²) in [6, 6.07) is 0. The van der Waals surface area contributed by atoms with Gasteiger partial charge in [0.1, 0.15) is 5.54 Å². The third kappa shape index (κ3) is 5.98. The molecular formula is C18H38N2O. The Morgan fingerprint density at radius 2 is 1.57 bits per heavy atom. The van der Waals surface area contributed by atoms with Gasteiger partial charge in [-0.2, -0.15) is 0 Å². The predicted octanol–water partition coefficient (Wildman–Crippen LogP) is 4.25. The third-order valence-corrected chi connectivity index (χ3v) is 4.89. The fraction of sp³-hybridized carbons (Fsp3) is 0.944. The SMILES string of the molecule is CCCC(CCC)C(CCC)(NCC(C)(C)CC)C(N)=O. The molecule has 126 valence electrons. The number of amides is 1. The van der Waals surface area contributed by atoms with Gasteiger partial charge in [-0.05, 0) is 37.0 Å². The van der Waals surface area contributed by atoms with Crippen molar-refractivity contribution in [3.8, 4) is 0 Å². The Labute approximate surface area is 132 Å². The summed E-state index contributed by atoms with van der Waals surface area (Å²) in [5.41, 5.74) is 5.55. The minimum atomic E-state index is -0.535. The zero-order valence-corrected chi connectivity index (χ0v) is 15.2. The van der Waals surface area contributed by atoms with Gasteiger partial charge in [0.05, 0.1) is 0 Å². The van der Waals surface area contributed by atoms with Gasteiger partial charge in [-0.25, -0.2) is 0 Å². The number of primary amides is 1. The minimum absolute atomic E-state index is 0.164. The highest BCUT2D eigenvalue weighted by molar-refractivity contribution is 5.85. The maximum Gasteiger partial charge on any atom is 0.238 e. The van der Waals surface area contributed by atoms with Crippen molar-refractivity contribution in [2.75, 3.05) is 6.54 Å². The second-order valence-corrected chi connectivity index (χ2v) is 7.23. The predicted molar refractivity (Wildman–Crippen MR) is 92.2 cm³/mol. The highest BCUT2D eigenvalue weighted by Gasteiger charge is 2.42. The largest absolute Gasteiger partial charge is 0.368 e. The molecule has 21 heavy (non-hydrogen) atoms. The molecule has 0 aliphatic heterocycles. The van der Waals surface area contributed by atoms with Gasteiger partial charge in [0.25, 0.3) is 0 Å². The lowest BCUT2D eigenvalue weighted by molar-refractivity contribution is -0.127. The number of rotatable bonds is 12. The summed E-state index contributed by atoms with van der Waals surface area (Å²) in [4.78, 5) is 12.4. The minimum Gasteiger partial charge on any atom is -0.368 e. The first kappa shape index (κ1) is 20.4. The molecule has 0 rings (SSSR count). The summed E-state index contributed by atoms with van der Waals surface area (Å²) in [6.45, 7) is 14.0. The van der Waals surface area contributed by atoms with Gasteiger partial charge in [-0.15, -0.1) is 0 Å². The number of carbonyl (C=O) groups excluding carboxylic acids is 1. The number of hydrogen-bond donors (Lipinski definition) is 2. The molecule has 0 aromatic heterocycles. The lowest BCUT2D eigenvalue weighted by Crippen LogP contribution is -2.61. The second kappa shape index (κ2) is 9.45. The molecule has 1 amide bonds. The van der Waals surface area contributed by atoms with E-state index in [-0.39, 0.29) is 11.3 Å². The Morgan fingerprint density at radius 1 is 1.05 bits per heavy atom. The summed E-state index contributed by atoms with van der Waals surface area (Å²) in [6.07, 6.45) is 7.24. The molecule has 0 spiro atoms. The maximum absolute atomic E-state index is 12.4. The molecule has 0 saturated heterocycles. The van der Waals surface area contributed by atoms with Crippen LogP contribution in [0.2, 0.25) is 0 Å². The first-order chi connectivity index (χ1) is 9.79. The highest BCUT2D eigenvalue weighted by atomic mass is 16.1. The van der Waals surface area contributed by atoms with E-state index in [0.29, 0.717) is 5.92 Å². The van der Waals surface area contributed by atoms with E-state index in [1.54, 1.807) is 0 Å². The van der Waals surface area contributed by atoms with Crippen LogP contribution in [0.1, 0.15) is 86.5 Å². The molecule has 0 aromatic rings. The third-order valence-electron chi connectivity index (χ3n) is 4.89. The van der Waals surface area contributed by atoms with Crippen molar-refractivity contribution < 1.29 is 4.79 Å². The van der Waals surface area contributed by atoms with Crippen LogP contribution < -0.4 is 11.1 Å². The molecule has 0 aliphatic carbocycles. The Kier molecular flexibility index (Phi) is 9.19. The smallest absolute Gasteiger partial charge is 0.238 e. The molecule has 0 radical (unpaired) electrons. The zero-order chi connectivity index (χ0) is 16.5. The Balaban J connectivity index is 5.34. The van der Waals surface area contributed by atoms with Crippen LogP contribution in [-0.2, 0) is 4.79 Å². The van der Waals surface area contributed by atoms with Gasteiger partial charge in [0.15, 0.2) is 0 Å². The van der Waals surface area contributed by atoms with Crippen LogP contribution >= 0.6 is 0 Å². The van der Waals surface area contributed by atoms with E-state index in [1.807, 2.05) is 0 Å². The molecule has 3 heteroatoms. The fourth-order valence-electron chi connectivity index (χ4n) is 3.10. The first-order valence-corrected chi connectivity index (χ1v) is 8.84. The van der Waals surface area contributed by atoms with Gasteiger partial charge in [-0.3, -0.25) is 4.79 Å². The quantitative estimate of drug-likeness (QED) is 0.566. The summed E-state index contributed by atoms with van der Waals surface area (Å²) in [5, 5.41) is 3.62. The van der Waals surface area contributed by atoms with E-state index in [4.69, 9.17) is 5.73 Å². The topological polar surface area (TPSA) is 55.1 Å². The standard InChI is InChI=1S/C18H38N2O/c1-7-11-15(12-8-2)18(13-9-3,16(19)21)20-14-17(5,6)10-4/h15,20H,7-14H2,1-6H3,(H2,19,21). The molecule has 3 nitrogen and oxygen atoms in total. The van der Waals surface area contributed by atoms with E-state index in [9.17, 15) is 4.79 Å². The van der Waals surface area contributed by atoms with Crippen molar-refractivity contribution in [1.29, 1.82) is 0 Å². The highest BCUT2D eigenvalue weighted by Crippen LogP contribution is 2.32. The van der Waals surface area contributed by atoms with Gasteiger partial charge in [0, 0.05) is 6.54 Å². The lowest BCUT2D eigenvalue weighted by Gasteiger charge is -2.41. The van der Waals surface area contributed by atoms with Gasteiger partial charge in [0.2, 0.25) is 5.91 Å². The first-order valence-electron chi connectivity index (χ1n) is 8.84. The monoisotopic (exact) mass is 298 g/mol. The van der Waals surface area contributed by atoms with Crippen molar-refractivity contribution in [3.63, 3.8) is 0 Å². The van der Waals surface area contributed by atoms with E-state index < -0.39 is 5.54 Å². The molecule has 0 heterocycles. The molecule has 0 saturated carbocycles. The molecule has 0 fully saturated rings. The molecule has 1 unspecified atom stereocenters. The van der Waals surface area contributed by atoms with Crippen LogP contribution in [0.5, 0.6) is 0 Å². The van der Waals surface area contributed by atoms with Crippen LogP contribution in [0, 0.1) is 11.3 Å². The average Bonchev–Trinajstić information content (AvgIpc) is 2.43. The maximum atomic E-state index is 12.4. The molecule has 0 bridgehead atoms. The number of carbonyl (C=O) groups is 1. The van der Waals surface area contributed by atoms with Crippen LogP contribution in [0.3, 0.4) is 0 Å². The molecule has 0 aliphatic rings. The summed E-state index contributed by atoms with van der Waals surface area (Å²) in [5.74, 6) is 0.181. The summed E-state index contributed by atoms with van der Waals surface area (Å²) >= 11 is 0. The second-order valence-electron chi connectivity index (χ2n) is 7.23. The van der Waals surface area contributed by atoms with Gasteiger partial charge < -0.3 is 11.1 Å². The van der Waals surface area contributed by atoms with Crippen molar-refractivity contribution in [3.05, 3.63) is 0 Å². The normalized spacial score (nSPS) is 15.2. The van der Waals surface area contributed by atoms with Crippen LogP contribution in [0.25, 0.3) is 0 Å². The summed E-state index contributed by atoms with van der Waals surface area (Å²) in [7, 11) is 0. The Hall–Kier alpha value is -0.570. The van der Waals surface area contributed by atoms with Gasteiger partial charge in [-0.1, -0.05) is 60.8 Å². The molecule has 1 atom stereocenters. The van der Waals surface area contributed by atoms with Crippen molar-refractivity contribution in [2.45, 2.75) is 92.0 Å². The van der Waals surface area contributed by atoms with Crippen LogP contribution in [-0.4, -0.2) is 18.0 Å². The van der Waals surface area contributed by atoms with Crippen molar-refractivity contribution >= 4 is 5.91 Å². The Bertz CT molecular complexity index is 296. The van der Waals surface area contributed by atoms with Crippen molar-refractivity contribution in [1.82, 2.24) is 5.32 Å². The van der Waals surface area contributed by atoms with E-state index >= 15 is 0 Å². The molecule has 0 aromatic carbocycles. The van der Waals surface area contributed by atoms with E-state index in [2.05, 4.69) is 46.9 Å². The Morgan fingerprint density at radius 3 is 1.90 bits per heavy atom. The van der Waals surface area contributed by atoms with Crippen LogP contribution in [0.4, 0.5) is 0 Å². The number of nitrogens with one attached hydrogen (secondary N) is 1. The molecule has 3 N–H and O–H groups in total. The van der Waals surface area contributed by atoms with E-state index in [0.717, 1.165) is 51.5 Å². The van der Waals surface area contributed by atoms with Gasteiger partial charge >= 0.3 is 0 Å². The molecular weight excluding hydrogens is 260 g/mol. The number of nitrogens with two attached hydrogens (primary N) is 1. The van der Waals surface area contributed by atoms with Crippen molar-refractivity contribution in [2.24, 2.45) is 17.1 Å². The number of hydrogen-bond acceptors (Lipinski definition) is 2. The lowest BCUT2D eigenvalue weighted by atomic mass is 9.74. The van der Waals surface area contributed by atoms with Crippen LogP contribution in [0.15, 0.2) is 0 Å². The fourth-order valence-corrected chi connectivity index (χ4v) is 3.10. The average molecular weight is 299 g/mol. The zero-order valence-electron chi connectivity index (χ0n) is 15.2. The summed E-state index contributed by atoms with van der Waals surface area (Å²) < 4.78 is 0. The van der Waals surface area contributed by atoms with E-state index in [1.165, 1.54) is 0 Å².